The minimum absolute atomic E-state index is 0.0147. The molecule has 2 amide bonds. The zero-order valence-electron chi connectivity index (χ0n) is 16.1. The van der Waals surface area contributed by atoms with E-state index in [1.165, 1.54) is 0 Å². The minimum Gasteiger partial charge on any atom is -0.310 e. The Kier molecular flexibility index (Phi) is 5.11. The van der Waals surface area contributed by atoms with Crippen LogP contribution in [-0.4, -0.2) is 47.4 Å². The summed E-state index contributed by atoms with van der Waals surface area (Å²) in [5.41, 5.74) is 5.14. The Morgan fingerprint density at radius 1 is 1.25 bits per heavy atom. The smallest absolute Gasteiger partial charge is 0.247 e. The lowest BCUT2D eigenvalue weighted by Gasteiger charge is -2.37. The van der Waals surface area contributed by atoms with Crippen molar-refractivity contribution in [2.75, 3.05) is 30.0 Å². The van der Waals surface area contributed by atoms with Crippen LogP contribution in [0.1, 0.15) is 12.5 Å². The molecule has 3 unspecified atom stereocenters. The first kappa shape index (κ1) is 18.6. The summed E-state index contributed by atoms with van der Waals surface area (Å²) in [6.45, 7) is 6.08. The lowest BCUT2D eigenvalue weighted by Crippen LogP contribution is -2.55. The van der Waals surface area contributed by atoms with Gasteiger partial charge >= 0.3 is 0 Å². The summed E-state index contributed by atoms with van der Waals surface area (Å²) in [7, 11) is 0. The van der Waals surface area contributed by atoms with Crippen LogP contribution in [0.15, 0.2) is 48.7 Å². The van der Waals surface area contributed by atoms with Crippen LogP contribution >= 0.6 is 0 Å². The third-order valence-electron chi connectivity index (χ3n) is 5.56. The van der Waals surface area contributed by atoms with E-state index in [1.807, 2.05) is 49.4 Å². The molecular weight excluding hydrogens is 354 g/mol. The molecule has 2 saturated heterocycles. The van der Waals surface area contributed by atoms with Gasteiger partial charge in [-0.2, -0.15) is 0 Å². The van der Waals surface area contributed by atoms with Crippen LogP contribution in [0, 0.1) is 18.8 Å². The molecule has 0 spiro atoms. The van der Waals surface area contributed by atoms with Crippen molar-refractivity contribution in [1.29, 1.82) is 0 Å². The number of pyridine rings is 1. The largest absolute Gasteiger partial charge is 0.310 e. The number of hydrazine groups is 1. The highest BCUT2D eigenvalue weighted by Crippen LogP contribution is 2.32. The van der Waals surface area contributed by atoms with Crippen LogP contribution in [0.25, 0.3) is 0 Å². The highest BCUT2D eigenvalue weighted by molar-refractivity contribution is 5.99. The molecule has 3 heterocycles. The number of hydrogen-bond acceptors (Lipinski definition) is 5. The number of aryl methyl sites for hydroxylation is 1. The van der Waals surface area contributed by atoms with Gasteiger partial charge in [-0.25, -0.2) is 15.4 Å². The zero-order chi connectivity index (χ0) is 19.7. The van der Waals surface area contributed by atoms with E-state index in [1.54, 1.807) is 11.2 Å². The molecule has 0 saturated carbocycles. The van der Waals surface area contributed by atoms with Gasteiger partial charge in [0, 0.05) is 19.3 Å². The highest BCUT2D eigenvalue weighted by Gasteiger charge is 2.50. The van der Waals surface area contributed by atoms with Crippen LogP contribution in [0.4, 0.5) is 11.5 Å². The lowest BCUT2D eigenvalue weighted by atomic mass is 9.84. The molecule has 146 valence electrons. The van der Waals surface area contributed by atoms with Crippen LogP contribution in [0.2, 0.25) is 0 Å². The van der Waals surface area contributed by atoms with Gasteiger partial charge in [-0.15, -0.1) is 0 Å². The van der Waals surface area contributed by atoms with Crippen LogP contribution < -0.4 is 15.8 Å². The number of para-hydroxylation sites is 1. The van der Waals surface area contributed by atoms with E-state index >= 15 is 0 Å². The zero-order valence-corrected chi connectivity index (χ0v) is 16.1. The van der Waals surface area contributed by atoms with E-state index in [9.17, 15) is 9.59 Å². The number of nitrogens with zero attached hydrogens (tertiary/aromatic N) is 3. The van der Waals surface area contributed by atoms with Crippen molar-refractivity contribution in [2.45, 2.75) is 19.9 Å². The topological polar surface area (TPSA) is 77.6 Å². The fraction of sp³-hybridized carbons (Fsp3) is 0.381. The third kappa shape index (κ3) is 3.50. The average Bonchev–Trinajstić information content (AvgIpc) is 3.04. The van der Waals surface area contributed by atoms with Crippen molar-refractivity contribution >= 4 is 23.3 Å². The predicted octanol–water partition coefficient (Wildman–Crippen LogP) is 1.82. The molecule has 1 aromatic carbocycles. The number of benzene rings is 1. The second-order valence-corrected chi connectivity index (χ2v) is 7.44. The van der Waals surface area contributed by atoms with Crippen molar-refractivity contribution in [3.63, 3.8) is 0 Å². The number of fused-ring (bicyclic) bond motifs is 1. The van der Waals surface area contributed by atoms with Gasteiger partial charge in [0.2, 0.25) is 11.8 Å². The SMILES string of the molecule is CCN1CC(C(=O)Nc2cc(C)ccn2)C2NN(c3ccccc3)C(=O)C2C1. The van der Waals surface area contributed by atoms with E-state index < -0.39 is 0 Å². The number of rotatable bonds is 4. The minimum atomic E-state index is -0.348. The van der Waals surface area contributed by atoms with Gasteiger partial charge in [0.25, 0.3) is 0 Å². The van der Waals surface area contributed by atoms with Crippen LogP contribution in [-0.2, 0) is 9.59 Å². The monoisotopic (exact) mass is 379 g/mol. The van der Waals surface area contributed by atoms with Crippen molar-refractivity contribution < 1.29 is 9.59 Å². The van der Waals surface area contributed by atoms with Crippen LogP contribution in [0.5, 0.6) is 0 Å². The normalized spacial score (nSPS) is 24.9. The van der Waals surface area contributed by atoms with Gasteiger partial charge in [0.1, 0.15) is 5.82 Å². The van der Waals surface area contributed by atoms with E-state index in [0.717, 1.165) is 17.8 Å². The van der Waals surface area contributed by atoms with Crippen molar-refractivity contribution in [3.8, 4) is 0 Å². The molecule has 4 rings (SSSR count). The van der Waals surface area contributed by atoms with Crippen molar-refractivity contribution in [2.24, 2.45) is 11.8 Å². The van der Waals surface area contributed by atoms with E-state index in [2.05, 4.69) is 27.6 Å². The van der Waals surface area contributed by atoms with Gasteiger partial charge in [0.15, 0.2) is 0 Å². The summed E-state index contributed by atoms with van der Waals surface area (Å²) in [5.74, 6) is -0.157. The molecule has 0 aliphatic carbocycles. The van der Waals surface area contributed by atoms with E-state index in [4.69, 9.17) is 0 Å². The second-order valence-electron chi connectivity index (χ2n) is 7.44. The fourth-order valence-electron chi connectivity index (χ4n) is 4.04. The summed E-state index contributed by atoms with van der Waals surface area (Å²) in [5, 5.41) is 4.53. The van der Waals surface area contributed by atoms with E-state index in [0.29, 0.717) is 18.9 Å². The third-order valence-corrected chi connectivity index (χ3v) is 5.56. The van der Waals surface area contributed by atoms with Gasteiger partial charge in [-0.05, 0) is 43.3 Å². The first-order valence-corrected chi connectivity index (χ1v) is 9.68. The first-order valence-electron chi connectivity index (χ1n) is 9.68. The number of piperidine rings is 1. The summed E-state index contributed by atoms with van der Waals surface area (Å²) in [4.78, 5) is 32.6. The Hall–Kier alpha value is -2.77. The number of amides is 2. The highest BCUT2D eigenvalue weighted by atomic mass is 16.2. The summed E-state index contributed by atoms with van der Waals surface area (Å²) in [6, 6.07) is 13.0. The fourth-order valence-corrected chi connectivity index (χ4v) is 4.04. The van der Waals surface area contributed by atoms with Gasteiger partial charge in [-0.1, -0.05) is 25.1 Å². The molecule has 28 heavy (non-hydrogen) atoms. The maximum Gasteiger partial charge on any atom is 0.247 e. The molecule has 2 N–H and O–H groups in total. The Morgan fingerprint density at radius 3 is 2.75 bits per heavy atom. The number of hydrogen-bond donors (Lipinski definition) is 2. The molecule has 0 radical (unpaired) electrons. The number of anilines is 2. The molecule has 2 aliphatic heterocycles. The second kappa shape index (κ2) is 7.69. The predicted molar refractivity (Wildman–Crippen MR) is 108 cm³/mol. The molecule has 2 aromatic rings. The molecule has 1 aromatic heterocycles. The summed E-state index contributed by atoms with van der Waals surface area (Å²) >= 11 is 0. The maximum atomic E-state index is 13.1. The quantitative estimate of drug-likeness (QED) is 0.847. The number of aromatic nitrogens is 1. The Balaban J connectivity index is 1.58. The Labute approximate surface area is 164 Å². The van der Waals surface area contributed by atoms with Gasteiger partial charge in [0.05, 0.1) is 23.6 Å². The number of carbonyl (C=O) groups excluding carboxylic acids is 2. The molecule has 7 nitrogen and oxygen atoms in total. The average molecular weight is 379 g/mol. The molecule has 2 fully saturated rings. The molecule has 7 heteroatoms. The molecule has 0 bridgehead atoms. The van der Waals surface area contributed by atoms with Crippen molar-refractivity contribution in [1.82, 2.24) is 15.3 Å². The molecular formula is C21H25N5O2. The Morgan fingerprint density at radius 2 is 2.04 bits per heavy atom. The van der Waals surface area contributed by atoms with Crippen LogP contribution in [0.3, 0.4) is 0 Å². The van der Waals surface area contributed by atoms with E-state index in [-0.39, 0.29) is 29.7 Å². The summed E-state index contributed by atoms with van der Waals surface area (Å²) < 4.78 is 0. The standard InChI is InChI=1S/C21H25N5O2/c1-3-25-12-16(20(27)23-18-11-14(2)9-10-22-18)19-17(13-25)21(28)26(24-19)15-7-5-4-6-8-15/h4-11,16-17,19,24H,3,12-13H2,1-2H3,(H,22,23,27). The van der Waals surface area contributed by atoms with Gasteiger partial charge < -0.3 is 10.2 Å². The lowest BCUT2D eigenvalue weighted by molar-refractivity contribution is -0.126. The molecule has 3 atom stereocenters. The number of nitrogens with one attached hydrogen (secondary N) is 2. The Bertz CT molecular complexity index is 872. The van der Waals surface area contributed by atoms with Crippen molar-refractivity contribution in [3.05, 3.63) is 54.2 Å². The number of likely N-dealkylation sites (tertiary alicyclic amines) is 1. The molecule has 2 aliphatic rings. The summed E-state index contributed by atoms with van der Waals surface area (Å²) in [6.07, 6.45) is 1.68. The first-order chi connectivity index (χ1) is 13.6. The maximum absolute atomic E-state index is 13.1. The van der Waals surface area contributed by atoms with Gasteiger partial charge in [-0.3, -0.25) is 9.59 Å². The number of carbonyl (C=O) groups is 2.